The number of benzene rings is 1. The minimum Gasteiger partial charge on any atom is -0.303 e. The number of hydrogen-bond acceptors (Lipinski definition) is 1. The van der Waals surface area contributed by atoms with Crippen LogP contribution in [0.15, 0.2) is 30.3 Å². The highest BCUT2D eigenvalue weighted by Gasteiger charge is 2.24. The maximum atomic E-state index is 3.64. The Hall–Kier alpha value is -0.340. The molecule has 1 aliphatic rings. The van der Waals surface area contributed by atoms with Crippen molar-refractivity contribution in [1.82, 2.24) is 4.90 Å². The molecule has 1 nitrogen and oxygen atoms in total. The molecule has 88 valence electrons. The summed E-state index contributed by atoms with van der Waals surface area (Å²) in [4.78, 5) is 2.53. The fourth-order valence-electron chi connectivity index (χ4n) is 2.29. The summed E-state index contributed by atoms with van der Waals surface area (Å²) >= 11 is 3.64. The molecule has 0 radical (unpaired) electrons. The number of rotatable bonds is 5. The van der Waals surface area contributed by atoms with Crippen molar-refractivity contribution in [2.24, 2.45) is 0 Å². The van der Waals surface area contributed by atoms with E-state index < -0.39 is 0 Å². The van der Waals surface area contributed by atoms with Crippen molar-refractivity contribution in [3.05, 3.63) is 35.9 Å². The largest absolute Gasteiger partial charge is 0.303 e. The molecule has 1 aliphatic carbocycles. The first kappa shape index (κ1) is 12.1. The summed E-state index contributed by atoms with van der Waals surface area (Å²) in [6, 6.07) is 11.7. The van der Waals surface area contributed by atoms with Gasteiger partial charge in [-0.05, 0) is 25.5 Å². The number of halogens is 1. The van der Waals surface area contributed by atoms with E-state index in [0.717, 1.165) is 11.4 Å². The second-order valence-electron chi connectivity index (χ2n) is 4.79. The molecule has 1 fully saturated rings. The van der Waals surface area contributed by atoms with E-state index in [9.17, 15) is 0 Å². The molecule has 2 rings (SSSR count). The predicted molar refractivity (Wildman–Crippen MR) is 73.2 cm³/mol. The van der Waals surface area contributed by atoms with Gasteiger partial charge in [0, 0.05) is 23.8 Å². The van der Waals surface area contributed by atoms with Gasteiger partial charge in [-0.3, -0.25) is 0 Å². The topological polar surface area (TPSA) is 3.24 Å². The Bertz CT molecular complexity index is 308. The van der Waals surface area contributed by atoms with Crippen LogP contribution in [-0.2, 0) is 0 Å². The lowest BCUT2D eigenvalue weighted by Crippen LogP contribution is -2.39. The van der Waals surface area contributed by atoms with E-state index in [0.29, 0.717) is 5.92 Å². The molecule has 0 aliphatic heterocycles. The highest BCUT2D eigenvalue weighted by Crippen LogP contribution is 2.27. The molecule has 1 atom stereocenters. The number of likely N-dealkylation sites (N-methyl/N-ethyl adjacent to an activating group) is 1. The zero-order valence-electron chi connectivity index (χ0n) is 9.90. The lowest BCUT2D eigenvalue weighted by molar-refractivity contribution is 0.154. The minimum absolute atomic E-state index is 0.617. The molecule has 1 aromatic carbocycles. The maximum Gasteiger partial charge on any atom is 0.0112 e. The van der Waals surface area contributed by atoms with Gasteiger partial charge < -0.3 is 4.90 Å². The van der Waals surface area contributed by atoms with Crippen molar-refractivity contribution < 1.29 is 0 Å². The molecule has 1 aromatic rings. The molecule has 16 heavy (non-hydrogen) atoms. The van der Waals surface area contributed by atoms with Crippen molar-refractivity contribution in [2.45, 2.75) is 31.2 Å². The Balaban J connectivity index is 1.94. The summed E-state index contributed by atoms with van der Waals surface area (Å²) in [5.74, 6) is 0.617. The van der Waals surface area contributed by atoms with Crippen molar-refractivity contribution in [3.63, 3.8) is 0 Å². The van der Waals surface area contributed by atoms with Crippen LogP contribution in [0.25, 0.3) is 0 Å². The van der Waals surface area contributed by atoms with Crippen LogP contribution in [0.1, 0.15) is 30.7 Å². The van der Waals surface area contributed by atoms with E-state index in [1.807, 2.05) is 0 Å². The summed E-state index contributed by atoms with van der Waals surface area (Å²) in [7, 11) is 2.27. The first-order chi connectivity index (χ1) is 7.81. The highest BCUT2D eigenvalue weighted by molar-refractivity contribution is 9.09. The van der Waals surface area contributed by atoms with Crippen LogP contribution in [0.2, 0.25) is 0 Å². The first-order valence-corrected chi connectivity index (χ1v) is 7.24. The van der Waals surface area contributed by atoms with E-state index in [4.69, 9.17) is 0 Å². The van der Waals surface area contributed by atoms with E-state index in [1.54, 1.807) is 0 Å². The van der Waals surface area contributed by atoms with Gasteiger partial charge in [-0.15, -0.1) is 0 Å². The zero-order valence-corrected chi connectivity index (χ0v) is 11.5. The smallest absolute Gasteiger partial charge is 0.0112 e. The standard InChI is InChI=1S/C14H20BrN/c1-16(14-8-5-9-14)11-13(10-15)12-6-3-2-4-7-12/h2-4,6-7,13-14H,5,8-11H2,1H3. The lowest BCUT2D eigenvalue weighted by Gasteiger charge is -2.36. The SMILES string of the molecule is CN(CC(CBr)c1ccccc1)C1CCC1. The number of nitrogens with zero attached hydrogens (tertiary/aromatic N) is 1. The van der Waals surface area contributed by atoms with Crippen LogP contribution in [0.5, 0.6) is 0 Å². The number of hydrogen-bond donors (Lipinski definition) is 0. The van der Waals surface area contributed by atoms with Gasteiger partial charge in [-0.1, -0.05) is 52.7 Å². The molecule has 2 heteroatoms. The van der Waals surface area contributed by atoms with E-state index in [-0.39, 0.29) is 0 Å². The Morgan fingerprint density at radius 3 is 2.50 bits per heavy atom. The monoisotopic (exact) mass is 281 g/mol. The molecular formula is C14H20BrN. The quantitative estimate of drug-likeness (QED) is 0.745. The van der Waals surface area contributed by atoms with Gasteiger partial charge in [0.1, 0.15) is 0 Å². The molecule has 0 aromatic heterocycles. The van der Waals surface area contributed by atoms with Crippen molar-refractivity contribution in [2.75, 3.05) is 18.9 Å². The molecular weight excluding hydrogens is 262 g/mol. The van der Waals surface area contributed by atoms with E-state index >= 15 is 0 Å². The van der Waals surface area contributed by atoms with Crippen LogP contribution >= 0.6 is 15.9 Å². The fraction of sp³-hybridized carbons (Fsp3) is 0.571. The predicted octanol–water partition coefficient (Wildman–Crippen LogP) is 3.65. The zero-order chi connectivity index (χ0) is 11.4. The summed E-state index contributed by atoms with van der Waals surface area (Å²) < 4.78 is 0. The molecule has 0 spiro atoms. The van der Waals surface area contributed by atoms with E-state index in [1.165, 1.54) is 31.4 Å². The summed E-state index contributed by atoms with van der Waals surface area (Å²) in [5, 5.41) is 1.05. The van der Waals surface area contributed by atoms with Crippen LogP contribution in [0.4, 0.5) is 0 Å². The molecule has 1 saturated carbocycles. The average Bonchev–Trinajstić information content (AvgIpc) is 2.24. The Labute approximate surface area is 107 Å². The van der Waals surface area contributed by atoms with Gasteiger partial charge in [0.2, 0.25) is 0 Å². The third-order valence-electron chi connectivity index (χ3n) is 3.66. The lowest BCUT2D eigenvalue weighted by atomic mass is 9.90. The second-order valence-corrected chi connectivity index (χ2v) is 5.43. The van der Waals surface area contributed by atoms with Crippen molar-refractivity contribution >= 4 is 15.9 Å². The van der Waals surface area contributed by atoms with Crippen molar-refractivity contribution in [3.8, 4) is 0 Å². The van der Waals surface area contributed by atoms with Crippen molar-refractivity contribution in [1.29, 1.82) is 0 Å². The van der Waals surface area contributed by atoms with Gasteiger partial charge in [0.15, 0.2) is 0 Å². The second kappa shape index (κ2) is 5.83. The molecule has 1 unspecified atom stereocenters. The van der Waals surface area contributed by atoms with Crippen LogP contribution in [-0.4, -0.2) is 29.9 Å². The molecule has 0 heterocycles. The summed E-state index contributed by atoms with van der Waals surface area (Å²) in [6.07, 6.45) is 4.19. The minimum atomic E-state index is 0.617. The van der Waals surface area contributed by atoms with E-state index in [2.05, 4.69) is 58.2 Å². The Morgan fingerprint density at radius 2 is 2.00 bits per heavy atom. The summed E-state index contributed by atoms with van der Waals surface area (Å²) in [5.41, 5.74) is 1.45. The van der Waals surface area contributed by atoms with Gasteiger partial charge in [-0.25, -0.2) is 0 Å². The summed E-state index contributed by atoms with van der Waals surface area (Å²) in [6.45, 7) is 1.17. The third-order valence-corrected chi connectivity index (χ3v) is 4.45. The number of alkyl halides is 1. The van der Waals surface area contributed by atoms with Gasteiger partial charge >= 0.3 is 0 Å². The van der Waals surface area contributed by atoms with Gasteiger partial charge in [0.25, 0.3) is 0 Å². The Morgan fingerprint density at radius 1 is 1.31 bits per heavy atom. The molecule has 0 bridgehead atoms. The highest BCUT2D eigenvalue weighted by atomic mass is 79.9. The molecule has 0 N–H and O–H groups in total. The van der Waals surface area contributed by atoms with Crippen LogP contribution < -0.4 is 0 Å². The fourth-order valence-corrected chi connectivity index (χ4v) is 2.87. The van der Waals surface area contributed by atoms with Gasteiger partial charge in [-0.2, -0.15) is 0 Å². The molecule has 0 saturated heterocycles. The first-order valence-electron chi connectivity index (χ1n) is 6.12. The average molecular weight is 282 g/mol. The molecule has 0 amide bonds. The van der Waals surface area contributed by atoms with Crippen LogP contribution in [0.3, 0.4) is 0 Å². The third kappa shape index (κ3) is 2.86. The maximum absolute atomic E-state index is 3.64. The van der Waals surface area contributed by atoms with Crippen LogP contribution in [0, 0.1) is 0 Å². The van der Waals surface area contributed by atoms with Gasteiger partial charge in [0.05, 0.1) is 0 Å². The normalized spacial score (nSPS) is 18.4. The Kier molecular flexibility index (Phi) is 4.42.